The minimum Gasteiger partial charge on any atom is -0.479 e. The second-order valence-corrected chi connectivity index (χ2v) is 3.82. The smallest absolute Gasteiger partial charge is 0.337 e. The molecule has 0 amide bonds. The number of aliphatic hydroxyl groups is 1. The molecule has 0 radical (unpaired) electrons. The molecular formula is C11H11ClO4. The average Bonchev–Trinajstić information content (AvgIpc) is 2.26. The van der Waals surface area contributed by atoms with Crippen LogP contribution in [0.15, 0.2) is 24.3 Å². The number of Topliss-reactive ketones (excluding diaryl/α,β-unsaturated/α-hetero) is 1. The third kappa shape index (κ3) is 2.81. The first-order valence-corrected chi connectivity index (χ1v) is 5.02. The van der Waals surface area contributed by atoms with Crippen molar-refractivity contribution in [3.63, 3.8) is 0 Å². The highest BCUT2D eigenvalue weighted by Gasteiger charge is 2.19. The van der Waals surface area contributed by atoms with Crippen molar-refractivity contribution < 1.29 is 19.8 Å². The zero-order valence-electron chi connectivity index (χ0n) is 8.55. The zero-order chi connectivity index (χ0) is 12.3. The van der Waals surface area contributed by atoms with Gasteiger partial charge < -0.3 is 10.2 Å². The second-order valence-electron chi connectivity index (χ2n) is 3.38. The highest BCUT2D eigenvalue weighted by Crippen LogP contribution is 2.24. The second kappa shape index (κ2) is 5.09. The summed E-state index contributed by atoms with van der Waals surface area (Å²) in [5.74, 6) is -1.57. The van der Waals surface area contributed by atoms with E-state index >= 15 is 0 Å². The number of benzene rings is 1. The SMILES string of the molecule is CC(=O)C(Cl)c1cccc(C(O)C(=O)O)c1. The van der Waals surface area contributed by atoms with Crippen LogP contribution in [0.1, 0.15) is 29.5 Å². The number of alkyl halides is 1. The molecule has 0 saturated heterocycles. The van der Waals surface area contributed by atoms with Crippen molar-refractivity contribution in [1.29, 1.82) is 0 Å². The van der Waals surface area contributed by atoms with Gasteiger partial charge in [0.1, 0.15) is 5.38 Å². The fourth-order valence-corrected chi connectivity index (χ4v) is 1.40. The van der Waals surface area contributed by atoms with Crippen LogP contribution in [-0.4, -0.2) is 22.0 Å². The molecule has 0 fully saturated rings. The van der Waals surface area contributed by atoms with Crippen LogP contribution in [0.4, 0.5) is 0 Å². The van der Waals surface area contributed by atoms with E-state index in [1.165, 1.54) is 19.1 Å². The molecular weight excluding hydrogens is 232 g/mol. The van der Waals surface area contributed by atoms with Gasteiger partial charge in [-0.05, 0) is 18.1 Å². The third-order valence-electron chi connectivity index (χ3n) is 2.11. The van der Waals surface area contributed by atoms with Gasteiger partial charge in [0, 0.05) is 0 Å². The standard InChI is InChI=1S/C11H11ClO4/c1-6(13)9(12)7-3-2-4-8(5-7)10(14)11(15)16/h2-5,9-10,14H,1H3,(H,15,16). The Labute approximate surface area is 97.5 Å². The van der Waals surface area contributed by atoms with Gasteiger partial charge in [0.05, 0.1) is 0 Å². The molecule has 0 heterocycles. The minimum atomic E-state index is -1.60. The number of halogens is 1. The third-order valence-corrected chi connectivity index (χ3v) is 2.67. The van der Waals surface area contributed by atoms with E-state index < -0.39 is 17.5 Å². The van der Waals surface area contributed by atoms with E-state index in [-0.39, 0.29) is 11.3 Å². The van der Waals surface area contributed by atoms with Crippen LogP contribution in [-0.2, 0) is 9.59 Å². The number of carboxylic acids is 1. The Morgan fingerprint density at radius 1 is 1.31 bits per heavy atom. The molecule has 0 aliphatic carbocycles. The van der Waals surface area contributed by atoms with Crippen molar-refractivity contribution >= 4 is 23.4 Å². The van der Waals surface area contributed by atoms with Gasteiger partial charge in [0.15, 0.2) is 11.9 Å². The summed E-state index contributed by atoms with van der Waals surface area (Å²) < 4.78 is 0. The summed E-state index contributed by atoms with van der Waals surface area (Å²) >= 11 is 5.82. The maximum Gasteiger partial charge on any atom is 0.337 e. The van der Waals surface area contributed by atoms with Crippen LogP contribution in [0.25, 0.3) is 0 Å². The maximum absolute atomic E-state index is 11.0. The Morgan fingerprint density at radius 3 is 2.38 bits per heavy atom. The quantitative estimate of drug-likeness (QED) is 0.788. The largest absolute Gasteiger partial charge is 0.479 e. The molecule has 0 saturated carbocycles. The van der Waals surface area contributed by atoms with E-state index in [1.54, 1.807) is 12.1 Å². The number of aliphatic carboxylic acids is 1. The lowest BCUT2D eigenvalue weighted by Gasteiger charge is -2.10. The molecule has 0 spiro atoms. The molecule has 0 aliphatic heterocycles. The summed E-state index contributed by atoms with van der Waals surface area (Å²) in [7, 11) is 0. The van der Waals surface area contributed by atoms with Crippen LogP contribution >= 0.6 is 11.6 Å². The number of aliphatic hydroxyl groups excluding tert-OH is 1. The Morgan fingerprint density at radius 2 is 1.88 bits per heavy atom. The van der Waals surface area contributed by atoms with Crippen molar-refractivity contribution in [2.24, 2.45) is 0 Å². The van der Waals surface area contributed by atoms with Crippen LogP contribution in [0.3, 0.4) is 0 Å². The number of carboxylic acid groups (broad SMARTS) is 1. The molecule has 1 rings (SSSR count). The van der Waals surface area contributed by atoms with Gasteiger partial charge in [-0.1, -0.05) is 24.3 Å². The summed E-state index contributed by atoms with van der Waals surface area (Å²) in [5.41, 5.74) is 0.684. The van der Waals surface area contributed by atoms with Crippen molar-refractivity contribution in [3.8, 4) is 0 Å². The first-order valence-electron chi connectivity index (χ1n) is 4.58. The molecule has 2 N–H and O–H groups in total. The Kier molecular flexibility index (Phi) is 4.04. The summed E-state index contributed by atoms with van der Waals surface area (Å²) in [6.07, 6.45) is -1.60. The molecule has 4 nitrogen and oxygen atoms in total. The number of rotatable bonds is 4. The minimum absolute atomic E-state index is 0.205. The number of carbonyl (C=O) groups excluding carboxylic acids is 1. The molecule has 86 valence electrons. The molecule has 5 heteroatoms. The predicted molar refractivity (Wildman–Crippen MR) is 58.3 cm³/mol. The van der Waals surface area contributed by atoms with Crippen molar-refractivity contribution in [2.75, 3.05) is 0 Å². The van der Waals surface area contributed by atoms with Crippen molar-refractivity contribution in [3.05, 3.63) is 35.4 Å². The van der Waals surface area contributed by atoms with Crippen molar-refractivity contribution in [2.45, 2.75) is 18.4 Å². The highest BCUT2D eigenvalue weighted by molar-refractivity contribution is 6.30. The van der Waals surface area contributed by atoms with E-state index in [4.69, 9.17) is 16.7 Å². The van der Waals surface area contributed by atoms with Gasteiger partial charge in [0.25, 0.3) is 0 Å². The number of ketones is 1. The Bertz CT molecular complexity index is 381. The number of carbonyl (C=O) groups is 2. The van der Waals surface area contributed by atoms with Gasteiger partial charge >= 0.3 is 5.97 Å². The van der Waals surface area contributed by atoms with Crippen LogP contribution in [0.5, 0.6) is 0 Å². The lowest BCUT2D eigenvalue weighted by Crippen LogP contribution is -2.11. The molecule has 2 atom stereocenters. The van der Waals surface area contributed by atoms with Crippen LogP contribution in [0, 0.1) is 0 Å². The summed E-state index contributed by atoms with van der Waals surface area (Å²) in [5, 5.41) is 17.1. The number of hydrogen-bond acceptors (Lipinski definition) is 3. The van der Waals surface area contributed by atoms with Crippen molar-refractivity contribution in [1.82, 2.24) is 0 Å². The van der Waals surface area contributed by atoms with Gasteiger partial charge in [-0.3, -0.25) is 4.79 Å². The average molecular weight is 243 g/mol. The molecule has 1 aromatic carbocycles. The maximum atomic E-state index is 11.0. The molecule has 0 bridgehead atoms. The van der Waals surface area contributed by atoms with E-state index in [1.807, 2.05) is 0 Å². The topological polar surface area (TPSA) is 74.6 Å². The fraction of sp³-hybridized carbons (Fsp3) is 0.273. The van der Waals surface area contributed by atoms with E-state index in [9.17, 15) is 14.7 Å². The van der Waals surface area contributed by atoms with Gasteiger partial charge in [0.2, 0.25) is 0 Å². The van der Waals surface area contributed by atoms with E-state index in [0.717, 1.165) is 0 Å². The number of hydrogen-bond donors (Lipinski definition) is 2. The first-order chi connectivity index (χ1) is 7.43. The van der Waals surface area contributed by atoms with E-state index in [0.29, 0.717) is 5.56 Å². The van der Waals surface area contributed by atoms with Gasteiger partial charge in [-0.25, -0.2) is 4.79 Å². The van der Waals surface area contributed by atoms with Gasteiger partial charge in [-0.2, -0.15) is 0 Å². The lowest BCUT2D eigenvalue weighted by molar-refractivity contribution is -0.146. The summed E-state index contributed by atoms with van der Waals surface area (Å²) in [4.78, 5) is 21.6. The monoisotopic (exact) mass is 242 g/mol. The molecule has 0 aliphatic rings. The van der Waals surface area contributed by atoms with Crippen LogP contribution < -0.4 is 0 Å². The predicted octanol–water partition coefficient (Wildman–Crippen LogP) is 1.67. The molecule has 1 aromatic rings. The van der Waals surface area contributed by atoms with E-state index in [2.05, 4.69) is 0 Å². The summed E-state index contributed by atoms with van der Waals surface area (Å²) in [6.45, 7) is 1.35. The lowest BCUT2D eigenvalue weighted by atomic mass is 10.0. The Hall–Kier alpha value is -1.39. The molecule has 2 unspecified atom stereocenters. The Balaban J connectivity index is 3.04. The van der Waals surface area contributed by atoms with Crippen LogP contribution in [0.2, 0.25) is 0 Å². The van der Waals surface area contributed by atoms with Gasteiger partial charge in [-0.15, -0.1) is 11.6 Å². The fourth-order valence-electron chi connectivity index (χ4n) is 1.26. The first kappa shape index (κ1) is 12.7. The zero-order valence-corrected chi connectivity index (χ0v) is 9.31. The highest BCUT2D eigenvalue weighted by atomic mass is 35.5. The summed E-state index contributed by atoms with van der Waals surface area (Å²) in [6, 6.07) is 6.04. The normalized spacial score (nSPS) is 14.2. The molecule has 0 aromatic heterocycles. The molecule has 16 heavy (non-hydrogen) atoms.